The Morgan fingerprint density at radius 3 is 2.81 bits per heavy atom. The van der Waals surface area contributed by atoms with E-state index in [4.69, 9.17) is 11.6 Å². The van der Waals surface area contributed by atoms with Gasteiger partial charge in [0.25, 0.3) is 0 Å². The number of nitrogens with one attached hydrogen (secondary N) is 1. The van der Waals surface area contributed by atoms with Crippen LogP contribution in [0.4, 0.5) is 5.13 Å². The lowest BCUT2D eigenvalue weighted by molar-refractivity contribution is -0.117. The van der Waals surface area contributed by atoms with E-state index in [1.165, 1.54) is 11.3 Å². The second-order valence-corrected chi connectivity index (χ2v) is 6.98. The Balaban J connectivity index is 1.64. The summed E-state index contributed by atoms with van der Waals surface area (Å²) in [5, 5.41) is 13.2. The monoisotopic (exact) mass is 321 g/mol. The number of carbonyl (C=O) groups excluding carboxylic acids is 1. The zero-order chi connectivity index (χ0) is 15.0. The first-order valence-corrected chi connectivity index (χ1v) is 8.14. The smallest absolute Gasteiger partial charge is 0.229 e. The van der Waals surface area contributed by atoms with Gasteiger partial charge in [0, 0.05) is 16.9 Å². The molecule has 3 rings (SSSR count). The standard InChI is InChI=1S/C15H16ClN3OS/c1-8(2)14-18-19-15(21-14)17-13(20)11-7-10(11)9-5-3-4-6-12(9)16/h3-6,8,10-11H,7H2,1-2H3,(H,17,19,20). The fraction of sp³-hybridized carbons (Fsp3) is 0.400. The molecule has 0 aliphatic heterocycles. The first-order valence-electron chi connectivity index (χ1n) is 6.95. The van der Waals surface area contributed by atoms with Gasteiger partial charge in [-0.25, -0.2) is 0 Å². The highest BCUT2D eigenvalue weighted by Gasteiger charge is 2.45. The van der Waals surface area contributed by atoms with Gasteiger partial charge in [-0.1, -0.05) is 55.0 Å². The SMILES string of the molecule is CC(C)c1nnc(NC(=O)C2CC2c2ccccc2Cl)s1. The van der Waals surface area contributed by atoms with Gasteiger partial charge in [0.05, 0.1) is 0 Å². The Hall–Kier alpha value is -1.46. The van der Waals surface area contributed by atoms with Crippen molar-refractivity contribution in [3.8, 4) is 0 Å². The van der Waals surface area contributed by atoms with Gasteiger partial charge in [0.15, 0.2) is 0 Å². The van der Waals surface area contributed by atoms with Crippen LogP contribution in [0.25, 0.3) is 0 Å². The summed E-state index contributed by atoms with van der Waals surface area (Å²) in [6.07, 6.45) is 0.839. The minimum atomic E-state index is -0.0173. The number of hydrogen-bond donors (Lipinski definition) is 1. The number of aromatic nitrogens is 2. The summed E-state index contributed by atoms with van der Waals surface area (Å²) in [5.41, 5.74) is 1.06. The van der Waals surface area contributed by atoms with Crippen molar-refractivity contribution in [2.75, 3.05) is 5.32 Å². The maximum absolute atomic E-state index is 12.2. The molecule has 1 aromatic carbocycles. The fourth-order valence-corrected chi connectivity index (χ4v) is 3.35. The molecular formula is C15H16ClN3OS. The quantitative estimate of drug-likeness (QED) is 0.924. The van der Waals surface area contributed by atoms with Crippen LogP contribution in [-0.2, 0) is 4.79 Å². The average Bonchev–Trinajstić information content (AvgIpc) is 3.11. The summed E-state index contributed by atoms with van der Waals surface area (Å²) in [4.78, 5) is 12.2. The van der Waals surface area contributed by atoms with Crippen LogP contribution in [-0.4, -0.2) is 16.1 Å². The molecule has 0 bridgehead atoms. The van der Waals surface area contributed by atoms with E-state index in [-0.39, 0.29) is 17.7 Å². The second-order valence-electron chi connectivity index (χ2n) is 5.56. The molecule has 1 aliphatic carbocycles. The molecular weight excluding hydrogens is 306 g/mol. The molecule has 0 radical (unpaired) electrons. The lowest BCUT2D eigenvalue weighted by atomic mass is 10.1. The third-order valence-electron chi connectivity index (χ3n) is 3.60. The van der Waals surface area contributed by atoms with Crippen molar-refractivity contribution in [1.82, 2.24) is 10.2 Å². The van der Waals surface area contributed by atoms with Crippen molar-refractivity contribution < 1.29 is 4.79 Å². The number of halogens is 1. The van der Waals surface area contributed by atoms with Crippen LogP contribution in [0.2, 0.25) is 5.02 Å². The maximum Gasteiger partial charge on any atom is 0.229 e. The predicted molar refractivity (Wildman–Crippen MR) is 84.9 cm³/mol. The summed E-state index contributed by atoms with van der Waals surface area (Å²) in [7, 11) is 0. The molecule has 0 spiro atoms. The number of hydrogen-bond acceptors (Lipinski definition) is 4. The number of nitrogens with zero attached hydrogens (tertiary/aromatic N) is 2. The number of amides is 1. The predicted octanol–water partition coefficient (Wildman–Crippen LogP) is 4.06. The van der Waals surface area contributed by atoms with Crippen LogP contribution in [0, 0.1) is 5.92 Å². The molecule has 4 nitrogen and oxygen atoms in total. The molecule has 2 unspecified atom stereocenters. The van der Waals surface area contributed by atoms with E-state index >= 15 is 0 Å². The van der Waals surface area contributed by atoms with Gasteiger partial charge in [0.2, 0.25) is 11.0 Å². The largest absolute Gasteiger partial charge is 0.300 e. The molecule has 1 saturated carbocycles. The average molecular weight is 322 g/mol. The van der Waals surface area contributed by atoms with Gasteiger partial charge in [-0.3, -0.25) is 4.79 Å². The van der Waals surface area contributed by atoms with Crippen LogP contribution in [0.15, 0.2) is 24.3 Å². The highest BCUT2D eigenvalue weighted by atomic mass is 35.5. The Morgan fingerprint density at radius 1 is 1.38 bits per heavy atom. The minimum absolute atomic E-state index is 0.00590. The first-order chi connectivity index (χ1) is 10.1. The van der Waals surface area contributed by atoms with Gasteiger partial charge < -0.3 is 5.32 Å². The minimum Gasteiger partial charge on any atom is -0.300 e. The first kappa shape index (κ1) is 14.5. The van der Waals surface area contributed by atoms with E-state index in [9.17, 15) is 4.79 Å². The van der Waals surface area contributed by atoms with E-state index < -0.39 is 0 Å². The normalized spacial score (nSPS) is 20.6. The van der Waals surface area contributed by atoms with Gasteiger partial charge >= 0.3 is 0 Å². The third-order valence-corrected chi connectivity index (χ3v) is 5.08. The fourth-order valence-electron chi connectivity index (χ4n) is 2.32. The number of benzene rings is 1. The molecule has 1 aromatic heterocycles. The van der Waals surface area contributed by atoms with Gasteiger partial charge in [0.1, 0.15) is 5.01 Å². The van der Waals surface area contributed by atoms with Crippen LogP contribution in [0.5, 0.6) is 0 Å². The van der Waals surface area contributed by atoms with Gasteiger partial charge in [-0.15, -0.1) is 10.2 Å². The summed E-state index contributed by atoms with van der Waals surface area (Å²) >= 11 is 7.61. The second kappa shape index (κ2) is 5.73. The van der Waals surface area contributed by atoms with Crippen molar-refractivity contribution in [2.24, 2.45) is 5.92 Å². The molecule has 1 N–H and O–H groups in total. The van der Waals surface area contributed by atoms with Crippen molar-refractivity contribution in [1.29, 1.82) is 0 Å². The zero-order valence-electron chi connectivity index (χ0n) is 11.8. The van der Waals surface area contributed by atoms with Crippen molar-refractivity contribution >= 4 is 34.0 Å². The lowest BCUT2D eigenvalue weighted by Gasteiger charge is -2.03. The molecule has 1 fully saturated rings. The molecule has 21 heavy (non-hydrogen) atoms. The van der Waals surface area contributed by atoms with Crippen LogP contribution < -0.4 is 5.32 Å². The van der Waals surface area contributed by atoms with Crippen LogP contribution in [0.1, 0.15) is 42.7 Å². The molecule has 1 heterocycles. The van der Waals surface area contributed by atoms with E-state index in [1.54, 1.807) is 0 Å². The summed E-state index contributed by atoms with van der Waals surface area (Å²) in [6, 6.07) is 7.71. The molecule has 6 heteroatoms. The highest BCUT2D eigenvalue weighted by molar-refractivity contribution is 7.15. The summed E-state index contributed by atoms with van der Waals surface area (Å²) in [6.45, 7) is 4.11. The van der Waals surface area contributed by atoms with E-state index in [0.29, 0.717) is 11.0 Å². The van der Waals surface area contributed by atoms with E-state index in [1.807, 2.05) is 24.3 Å². The van der Waals surface area contributed by atoms with Gasteiger partial charge in [-0.05, 0) is 24.0 Å². The van der Waals surface area contributed by atoms with E-state index in [2.05, 4.69) is 29.4 Å². The highest BCUT2D eigenvalue weighted by Crippen LogP contribution is 2.50. The van der Waals surface area contributed by atoms with Crippen molar-refractivity contribution in [3.05, 3.63) is 39.9 Å². The lowest BCUT2D eigenvalue weighted by Crippen LogP contribution is -2.14. The molecule has 1 aliphatic rings. The number of anilines is 1. The van der Waals surface area contributed by atoms with Crippen LogP contribution >= 0.6 is 22.9 Å². The Bertz CT molecular complexity index is 670. The van der Waals surface area contributed by atoms with Gasteiger partial charge in [-0.2, -0.15) is 0 Å². The third kappa shape index (κ3) is 3.09. The molecule has 110 valence electrons. The maximum atomic E-state index is 12.2. The van der Waals surface area contributed by atoms with Crippen LogP contribution in [0.3, 0.4) is 0 Å². The number of rotatable bonds is 4. The Labute approximate surface area is 132 Å². The number of carbonyl (C=O) groups is 1. The Morgan fingerprint density at radius 2 is 2.14 bits per heavy atom. The molecule has 0 saturated heterocycles. The van der Waals surface area contributed by atoms with Crippen molar-refractivity contribution in [2.45, 2.75) is 32.1 Å². The summed E-state index contributed by atoms with van der Waals surface area (Å²) < 4.78 is 0. The summed E-state index contributed by atoms with van der Waals surface area (Å²) in [5.74, 6) is 0.531. The molecule has 1 amide bonds. The zero-order valence-corrected chi connectivity index (χ0v) is 13.4. The molecule has 2 atom stereocenters. The van der Waals surface area contributed by atoms with Crippen molar-refractivity contribution in [3.63, 3.8) is 0 Å². The topological polar surface area (TPSA) is 54.9 Å². The Kier molecular flexibility index (Phi) is 3.95. The van der Waals surface area contributed by atoms with E-state index in [0.717, 1.165) is 22.0 Å². The molecule has 2 aromatic rings.